The SMILES string of the molecule is CC(C)C.CSc1cc(C2=NC(C)(C)CS2)ccc1Nc1cc(Cl)nc2c1nc(C(F)F)n2PI. The molecule has 35 heavy (non-hydrogen) atoms. The summed E-state index contributed by atoms with van der Waals surface area (Å²) in [6.45, 7) is 10.7. The maximum Gasteiger partial charge on any atom is 0.295 e. The highest BCUT2D eigenvalue weighted by atomic mass is 127. The zero-order valence-corrected chi connectivity index (χ0v) is 25.8. The third kappa shape index (κ3) is 7.21. The number of hydrogen-bond acceptors (Lipinski definition) is 6. The number of hydrogen-bond donors (Lipinski definition) is 1. The quantitative estimate of drug-likeness (QED) is 0.123. The fraction of sp³-hybridized carbons (Fsp3) is 0.435. The van der Waals surface area contributed by atoms with Crippen LogP contribution in [0.4, 0.5) is 20.2 Å². The number of alkyl halides is 2. The van der Waals surface area contributed by atoms with Crippen LogP contribution in [0.5, 0.6) is 0 Å². The molecule has 1 aliphatic rings. The van der Waals surface area contributed by atoms with Gasteiger partial charge in [0.15, 0.2) is 11.5 Å². The largest absolute Gasteiger partial charge is 0.353 e. The lowest BCUT2D eigenvalue weighted by atomic mass is 10.1. The van der Waals surface area contributed by atoms with Crippen LogP contribution in [0.1, 0.15) is 52.4 Å². The summed E-state index contributed by atoms with van der Waals surface area (Å²) in [5.74, 6) is 1.48. The van der Waals surface area contributed by atoms with E-state index in [-0.39, 0.29) is 22.9 Å². The minimum atomic E-state index is -2.70. The van der Waals surface area contributed by atoms with E-state index in [1.54, 1.807) is 29.6 Å². The van der Waals surface area contributed by atoms with Gasteiger partial charge in [0.1, 0.15) is 10.7 Å². The average molecular weight is 670 g/mol. The smallest absolute Gasteiger partial charge is 0.295 e. The number of nitrogens with zero attached hydrogens (tertiary/aromatic N) is 4. The molecule has 190 valence electrons. The van der Waals surface area contributed by atoms with Gasteiger partial charge in [0.05, 0.1) is 28.3 Å². The zero-order valence-electron chi connectivity index (χ0n) is 20.3. The molecule has 0 amide bonds. The van der Waals surface area contributed by atoms with Crippen LogP contribution in [0.2, 0.25) is 5.15 Å². The normalized spacial score (nSPS) is 15.3. The number of halogens is 4. The zero-order chi connectivity index (χ0) is 25.9. The van der Waals surface area contributed by atoms with Crippen molar-refractivity contribution in [2.24, 2.45) is 10.9 Å². The molecule has 0 radical (unpaired) electrons. The second-order valence-corrected chi connectivity index (χ2v) is 13.4. The third-order valence-corrected chi connectivity index (χ3v) is 9.05. The van der Waals surface area contributed by atoms with Gasteiger partial charge in [-0.05, 0) is 60.2 Å². The molecule has 12 heteroatoms. The van der Waals surface area contributed by atoms with E-state index in [0.717, 1.165) is 32.9 Å². The van der Waals surface area contributed by atoms with E-state index >= 15 is 0 Å². The first-order valence-corrected chi connectivity index (χ1v) is 17.5. The maximum absolute atomic E-state index is 13.5. The molecule has 0 saturated carbocycles. The molecule has 1 unspecified atom stereocenters. The summed E-state index contributed by atoms with van der Waals surface area (Å²) in [5.41, 5.74) is 3.11. The fourth-order valence-electron chi connectivity index (χ4n) is 3.16. The molecule has 1 aromatic carbocycles. The molecule has 1 aliphatic heterocycles. The van der Waals surface area contributed by atoms with Crippen molar-refractivity contribution in [2.75, 3.05) is 17.3 Å². The number of thioether (sulfide) groups is 2. The molecule has 3 heterocycles. The van der Waals surface area contributed by atoms with Crippen LogP contribution in [0.15, 0.2) is 34.2 Å². The highest BCUT2D eigenvalue weighted by Gasteiger charge is 2.26. The van der Waals surface area contributed by atoms with E-state index in [9.17, 15) is 8.78 Å². The number of imidazole rings is 1. The standard InChI is InChI=1S/C19H18ClF2IN5PS2.C4H10/c1-19(2)8-31-18(27-19)9-4-5-10(12(6-9)30-3)24-11-7-13(20)25-16-14(11)26-17(15(21)22)28(16)29-23;1-4(2)3/h4-7,15,29H,8H2,1-3H3,(H,24,25);4H,1-3H3. The van der Waals surface area contributed by atoms with E-state index in [2.05, 4.69) is 56.0 Å². The molecule has 5 nitrogen and oxygen atoms in total. The Kier molecular flexibility index (Phi) is 10.1. The van der Waals surface area contributed by atoms with Crippen molar-refractivity contribution in [1.82, 2.24) is 14.3 Å². The minimum Gasteiger partial charge on any atom is -0.353 e. The Morgan fingerprint density at radius 1 is 1.20 bits per heavy atom. The molecule has 2 aromatic heterocycles. The molecule has 0 saturated heterocycles. The van der Waals surface area contributed by atoms with E-state index in [4.69, 9.17) is 16.6 Å². The predicted molar refractivity (Wildman–Crippen MR) is 160 cm³/mol. The first kappa shape index (κ1) is 28.9. The van der Waals surface area contributed by atoms with E-state index < -0.39 is 6.43 Å². The molecule has 0 bridgehead atoms. The summed E-state index contributed by atoms with van der Waals surface area (Å²) < 4.78 is 28.4. The summed E-state index contributed by atoms with van der Waals surface area (Å²) in [5, 5.41) is 4.58. The Morgan fingerprint density at radius 3 is 2.43 bits per heavy atom. The van der Waals surface area contributed by atoms with Crippen LogP contribution in [0.3, 0.4) is 0 Å². The summed E-state index contributed by atoms with van der Waals surface area (Å²) in [7, 11) is 0. The Balaban J connectivity index is 0.000000795. The molecular weight excluding hydrogens is 642 g/mol. The Bertz CT molecular complexity index is 1230. The molecule has 4 rings (SSSR count). The van der Waals surface area contributed by atoms with Gasteiger partial charge in [0, 0.05) is 22.3 Å². The first-order chi connectivity index (χ1) is 16.5. The number of nitrogens with one attached hydrogen (secondary N) is 1. The molecule has 0 aliphatic carbocycles. The maximum atomic E-state index is 13.5. The van der Waals surface area contributed by atoms with Gasteiger partial charge in [0.2, 0.25) is 0 Å². The first-order valence-electron chi connectivity index (χ1n) is 10.9. The van der Waals surface area contributed by atoms with Crippen molar-refractivity contribution in [1.29, 1.82) is 0 Å². The Morgan fingerprint density at radius 2 is 1.89 bits per heavy atom. The number of anilines is 2. The molecule has 0 spiro atoms. The van der Waals surface area contributed by atoms with Crippen LogP contribution in [0, 0.1) is 5.92 Å². The second-order valence-electron chi connectivity index (χ2n) is 9.15. The van der Waals surface area contributed by atoms with Crippen molar-refractivity contribution in [3.8, 4) is 0 Å². The lowest BCUT2D eigenvalue weighted by molar-refractivity contribution is 0.140. The van der Waals surface area contributed by atoms with Gasteiger partial charge in [-0.25, -0.2) is 18.7 Å². The fourth-order valence-corrected chi connectivity index (χ4v) is 6.99. The highest BCUT2D eigenvalue weighted by Crippen LogP contribution is 2.40. The van der Waals surface area contributed by atoms with E-state index in [0.29, 0.717) is 16.9 Å². The number of fused-ring (bicyclic) bond motifs is 1. The van der Waals surface area contributed by atoms with E-state index in [1.807, 2.05) is 40.4 Å². The van der Waals surface area contributed by atoms with Gasteiger partial charge in [-0.2, -0.15) is 0 Å². The lowest BCUT2D eigenvalue weighted by Gasteiger charge is -2.13. The number of benzene rings is 1. The van der Waals surface area contributed by atoms with Crippen LogP contribution < -0.4 is 5.32 Å². The van der Waals surface area contributed by atoms with Gasteiger partial charge in [-0.15, -0.1) is 23.5 Å². The van der Waals surface area contributed by atoms with Crippen LogP contribution in [0.25, 0.3) is 11.2 Å². The molecule has 0 fully saturated rings. The van der Waals surface area contributed by atoms with Gasteiger partial charge < -0.3 is 5.32 Å². The monoisotopic (exact) mass is 669 g/mol. The average Bonchev–Trinajstić information content (AvgIpc) is 3.33. The summed E-state index contributed by atoms with van der Waals surface area (Å²) in [6.07, 6.45) is -0.672. The number of rotatable bonds is 6. The van der Waals surface area contributed by atoms with Crippen LogP contribution >= 0.6 is 63.5 Å². The number of pyridine rings is 1. The van der Waals surface area contributed by atoms with Gasteiger partial charge in [-0.3, -0.25) is 9.33 Å². The molecule has 1 N–H and O–H groups in total. The van der Waals surface area contributed by atoms with Gasteiger partial charge >= 0.3 is 0 Å². The van der Waals surface area contributed by atoms with Crippen molar-refractivity contribution in [3.63, 3.8) is 0 Å². The summed E-state index contributed by atoms with van der Waals surface area (Å²) in [6, 6.07) is 7.70. The summed E-state index contributed by atoms with van der Waals surface area (Å²) in [4.78, 5) is 14.2. The van der Waals surface area contributed by atoms with Gasteiger partial charge in [-0.1, -0.05) is 38.4 Å². The van der Waals surface area contributed by atoms with Crippen LogP contribution in [-0.4, -0.2) is 36.9 Å². The molecule has 3 aromatic rings. The van der Waals surface area contributed by atoms with Crippen molar-refractivity contribution >= 4 is 91.1 Å². The second kappa shape index (κ2) is 12.2. The number of aliphatic imine (C=N–C) groups is 1. The molecular formula is C23H28ClF2IN5PS2. The van der Waals surface area contributed by atoms with E-state index in [1.165, 1.54) is 4.34 Å². The lowest BCUT2D eigenvalue weighted by Crippen LogP contribution is -2.15. The predicted octanol–water partition coefficient (Wildman–Crippen LogP) is 9.21. The van der Waals surface area contributed by atoms with Crippen molar-refractivity contribution in [2.45, 2.75) is 51.5 Å². The van der Waals surface area contributed by atoms with Gasteiger partial charge in [0.25, 0.3) is 6.43 Å². The summed E-state index contributed by atoms with van der Waals surface area (Å²) >= 11 is 11.6. The third-order valence-electron chi connectivity index (χ3n) is 4.57. The highest BCUT2D eigenvalue weighted by molar-refractivity contribution is 14.2. The molecule has 1 atom stereocenters. The van der Waals surface area contributed by atoms with Crippen molar-refractivity contribution < 1.29 is 8.78 Å². The van der Waals surface area contributed by atoms with Crippen molar-refractivity contribution in [3.05, 3.63) is 40.8 Å². The van der Waals surface area contributed by atoms with Crippen LogP contribution in [-0.2, 0) is 0 Å². The minimum absolute atomic E-state index is 0.0301. The topological polar surface area (TPSA) is 55.1 Å². The number of aromatic nitrogens is 3. The Labute approximate surface area is 233 Å². The Hall–Kier alpha value is -0.680.